The van der Waals surface area contributed by atoms with Crippen molar-refractivity contribution in [2.24, 2.45) is 35.5 Å². The van der Waals surface area contributed by atoms with Crippen molar-refractivity contribution in [3.05, 3.63) is 0 Å². The third-order valence-corrected chi connectivity index (χ3v) is 13.0. The number of hydrogen-bond acceptors (Lipinski definition) is 10. The molecule has 1 spiro atoms. The molecule has 0 aromatic heterocycles. The number of rotatable bonds is 10. The lowest BCUT2D eigenvalue weighted by molar-refractivity contribution is -0.336. The van der Waals surface area contributed by atoms with Gasteiger partial charge < -0.3 is 48.8 Å². The fourth-order valence-electron chi connectivity index (χ4n) is 9.91. The molecule has 5 aliphatic heterocycles. The van der Waals surface area contributed by atoms with Gasteiger partial charge in [0.05, 0.1) is 66.5 Å². The third-order valence-electron chi connectivity index (χ3n) is 13.0. The first kappa shape index (κ1) is 37.4. The minimum absolute atomic E-state index is 0.153. The van der Waals surface area contributed by atoms with Gasteiger partial charge in [-0.05, 0) is 64.2 Å². The zero-order chi connectivity index (χ0) is 34.7. The third kappa shape index (κ3) is 6.67. The summed E-state index contributed by atoms with van der Waals surface area (Å²) in [5, 5.41) is 41.8. The topological polar surface area (TPSA) is 153 Å². The van der Waals surface area contributed by atoms with Gasteiger partial charge in [0.15, 0.2) is 11.6 Å². The van der Waals surface area contributed by atoms with Crippen LogP contribution in [-0.4, -0.2) is 106 Å². The second-order valence-electron chi connectivity index (χ2n) is 16.3. The number of methoxy groups -OCH3 is 1. The summed E-state index contributed by atoms with van der Waals surface area (Å²) in [5.41, 5.74) is -1.15. The highest BCUT2D eigenvalue weighted by Gasteiger charge is 2.62. The number of aliphatic carboxylic acids is 1. The fraction of sp³-hybridized carbons (Fsp3) is 0.972. The minimum atomic E-state index is -1.56. The molecule has 4 N–H and O–H groups in total. The van der Waals surface area contributed by atoms with Crippen molar-refractivity contribution >= 4 is 5.97 Å². The SMILES string of the molecule is CC[C@@]1([C@@H]2O[C@@H]([C@H]3O[C@@](O)(CO)[C@H](C)C[C@@H]3C)C[C@@H]2C)CCC([C@]2(C)CC[C@]3(C[C@H](O)[C@@H](C)[C@@H]([C@@H](C)[C@@H](OC)C(C)C(=O)O)O3)O2)O1. The van der Waals surface area contributed by atoms with Crippen LogP contribution in [0.1, 0.15) is 107 Å². The number of aliphatic hydroxyl groups excluding tert-OH is 2. The molecule has 11 nitrogen and oxygen atoms in total. The van der Waals surface area contributed by atoms with E-state index in [0.29, 0.717) is 19.3 Å². The van der Waals surface area contributed by atoms with E-state index in [2.05, 4.69) is 27.7 Å². The lowest BCUT2D eigenvalue weighted by atomic mass is 9.78. The van der Waals surface area contributed by atoms with Crippen LogP contribution in [0.5, 0.6) is 0 Å². The van der Waals surface area contributed by atoms with Crippen molar-refractivity contribution in [2.45, 2.75) is 172 Å². The van der Waals surface area contributed by atoms with Crippen molar-refractivity contribution in [2.75, 3.05) is 13.7 Å². The Morgan fingerprint density at radius 1 is 1.02 bits per heavy atom. The Hall–Kier alpha value is -0.890. The summed E-state index contributed by atoms with van der Waals surface area (Å²) in [6.45, 7) is 15.6. The Kier molecular flexibility index (Phi) is 10.9. The molecular formula is C36H62O11. The number of ether oxygens (including phenoxy) is 6. The summed E-state index contributed by atoms with van der Waals surface area (Å²) < 4.78 is 39.4. The number of hydrogen-bond donors (Lipinski definition) is 4. The summed E-state index contributed by atoms with van der Waals surface area (Å²) >= 11 is 0. The van der Waals surface area contributed by atoms with Crippen LogP contribution < -0.4 is 0 Å². The van der Waals surface area contributed by atoms with Crippen molar-refractivity contribution in [1.82, 2.24) is 0 Å². The van der Waals surface area contributed by atoms with E-state index in [9.17, 15) is 25.2 Å². The molecule has 0 aromatic carbocycles. The van der Waals surface area contributed by atoms with Crippen LogP contribution in [0, 0.1) is 35.5 Å². The Bertz CT molecular complexity index is 1110. The molecule has 47 heavy (non-hydrogen) atoms. The van der Waals surface area contributed by atoms with Gasteiger partial charge in [-0.25, -0.2) is 0 Å². The molecular weight excluding hydrogens is 608 g/mol. The molecule has 0 aromatic rings. The Morgan fingerprint density at radius 3 is 2.34 bits per heavy atom. The maximum absolute atomic E-state index is 11.8. The molecule has 0 aliphatic carbocycles. The first-order valence-corrected chi connectivity index (χ1v) is 18.1. The average molecular weight is 671 g/mol. The highest BCUT2D eigenvalue weighted by molar-refractivity contribution is 5.70. The number of aliphatic hydroxyl groups is 3. The van der Waals surface area contributed by atoms with Crippen molar-refractivity contribution < 1.29 is 53.6 Å². The average Bonchev–Trinajstić information content (AvgIpc) is 3.73. The Labute approximate surface area is 281 Å². The fourth-order valence-corrected chi connectivity index (χ4v) is 9.91. The van der Waals surface area contributed by atoms with Gasteiger partial charge in [0, 0.05) is 37.7 Å². The molecule has 0 saturated carbocycles. The largest absolute Gasteiger partial charge is 0.481 e. The van der Waals surface area contributed by atoms with E-state index in [1.807, 2.05) is 20.8 Å². The summed E-state index contributed by atoms with van der Waals surface area (Å²) in [5.74, 6) is -4.52. The Balaban J connectivity index is 1.29. The van der Waals surface area contributed by atoms with Crippen LogP contribution in [0.4, 0.5) is 0 Å². The molecule has 11 heteroatoms. The zero-order valence-corrected chi connectivity index (χ0v) is 30.0. The van der Waals surface area contributed by atoms with E-state index in [-0.39, 0.29) is 54.0 Å². The van der Waals surface area contributed by atoms with Crippen LogP contribution in [0.2, 0.25) is 0 Å². The van der Waals surface area contributed by atoms with Crippen LogP contribution in [0.15, 0.2) is 0 Å². The summed E-state index contributed by atoms with van der Waals surface area (Å²) in [4.78, 5) is 11.8. The van der Waals surface area contributed by atoms with E-state index >= 15 is 0 Å². The maximum Gasteiger partial charge on any atom is 0.308 e. The molecule has 2 unspecified atom stereocenters. The maximum atomic E-state index is 11.8. The molecule has 5 saturated heterocycles. The molecule has 272 valence electrons. The standard InChI is InChI=1S/C36H62O11/c1-10-34(31-20(3)16-26(43-31)28-19(2)15-21(4)36(41,18-37)46-28)12-11-27(44-34)33(8)13-14-35(47-33)17-25(38)22(5)30(45-35)23(6)29(42-9)24(7)32(39)40/h19-31,37-38,41H,10-18H2,1-9H3,(H,39,40)/t19-,20-,21+,22+,23-,24?,25-,26+,27?,28-,29+,30-,31+,33-,34-,35+,36-/m0/s1. The van der Waals surface area contributed by atoms with Gasteiger partial charge in [0.2, 0.25) is 0 Å². The second-order valence-corrected chi connectivity index (χ2v) is 16.3. The van der Waals surface area contributed by atoms with E-state index in [1.165, 1.54) is 7.11 Å². The first-order chi connectivity index (χ1) is 22.0. The minimum Gasteiger partial charge on any atom is -0.481 e. The monoisotopic (exact) mass is 670 g/mol. The molecule has 0 bridgehead atoms. The van der Waals surface area contributed by atoms with Crippen LogP contribution in [0.3, 0.4) is 0 Å². The van der Waals surface area contributed by atoms with Gasteiger partial charge in [-0.1, -0.05) is 41.5 Å². The number of carboxylic acids is 1. The van der Waals surface area contributed by atoms with Crippen LogP contribution in [-0.2, 0) is 33.2 Å². The lowest BCUT2D eigenvalue weighted by Crippen LogP contribution is -2.57. The lowest BCUT2D eigenvalue weighted by Gasteiger charge is -2.49. The van der Waals surface area contributed by atoms with Gasteiger partial charge >= 0.3 is 5.97 Å². The van der Waals surface area contributed by atoms with E-state index in [0.717, 1.165) is 32.1 Å². The smallest absolute Gasteiger partial charge is 0.308 e. The molecule has 5 heterocycles. The summed E-state index contributed by atoms with van der Waals surface area (Å²) in [7, 11) is 1.52. The molecule has 0 radical (unpaired) electrons. The predicted molar refractivity (Wildman–Crippen MR) is 172 cm³/mol. The van der Waals surface area contributed by atoms with Gasteiger partial charge in [-0.3, -0.25) is 4.79 Å². The molecule has 0 amide bonds. The molecule has 17 atom stereocenters. The van der Waals surface area contributed by atoms with Crippen LogP contribution >= 0.6 is 0 Å². The molecule has 5 rings (SSSR count). The van der Waals surface area contributed by atoms with Crippen LogP contribution in [0.25, 0.3) is 0 Å². The van der Waals surface area contributed by atoms with Crippen molar-refractivity contribution in [1.29, 1.82) is 0 Å². The summed E-state index contributed by atoms with van der Waals surface area (Å²) in [6, 6.07) is 0. The number of carbonyl (C=O) groups is 1. The normalized spacial score (nSPS) is 50.9. The van der Waals surface area contributed by atoms with Gasteiger partial charge in [-0.2, -0.15) is 0 Å². The van der Waals surface area contributed by atoms with Gasteiger partial charge in [-0.15, -0.1) is 0 Å². The second kappa shape index (κ2) is 13.7. The van der Waals surface area contributed by atoms with E-state index < -0.39 is 59.6 Å². The predicted octanol–water partition coefficient (Wildman–Crippen LogP) is 4.27. The van der Waals surface area contributed by atoms with Gasteiger partial charge in [0.25, 0.3) is 0 Å². The first-order valence-electron chi connectivity index (χ1n) is 18.1. The molecule has 5 aliphatic rings. The van der Waals surface area contributed by atoms with E-state index in [4.69, 9.17) is 28.4 Å². The Morgan fingerprint density at radius 2 is 1.72 bits per heavy atom. The zero-order valence-electron chi connectivity index (χ0n) is 30.0. The quantitative estimate of drug-likeness (QED) is 0.264. The highest BCUT2D eigenvalue weighted by Crippen LogP contribution is 2.55. The van der Waals surface area contributed by atoms with Crippen molar-refractivity contribution in [3.8, 4) is 0 Å². The van der Waals surface area contributed by atoms with Gasteiger partial charge in [0.1, 0.15) is 0 Å². The van der Waals surface area contributed by atoms with Crippen molar-refractivity contribution in [3.63, 3.8) is 0 Å². The van der Waals surface area contributed by atoms with E-state index in [1.54, 1.807) is 6.92 Å². The number of carboxylic acid groups (broad SMARTS) is 1. The molecule has 5 fully saturated rings. The summed E-state index contributed by atoms with van der Waals surface area (Å²) in [6.07, 6.45) is 2.99. The highest BCUT2D eigenvalue weighted by atomic mass is 16.7.